The second-order valence-corrected chi connectivity index (χ2v) is 5.59. The van der Waals surface area contributed by atoms with E-state index in [4.69, 9.17) is 5.26 Å². The Balaban J connectivity index is 1.95. The number of anilines is 1. The minimum Gasteiger partial charge on any atom is -0.379 e. The molecule has 0 saturated carbocycles. The lowest BCUT2D eigenvalue weighted by molar-refractivity contribution is -0.384. The van der Waals surface area contributed by atoms with Gasteiger partial charge in [0.2, 0.25) is 0 Å². The van der Waals surface area contributed by atoms with E-state index in [9.17, 15) is 10.1 Å². The summed E-state index contributed by atoms with van der Waals surface area (Å²) in [5, 5.41) is 23.0. The van der Waals surface area contributed by atoms with Crippen molar-refractivity contribution in [2.24, 2.45) is 5.92 Å². The van der Waals surface area contributed by atoms with Crippen LogP contribution in [-0.2, 0) is 0 Å². The van der Waals surface area contributed by atoms with Crippen molar-refractivity contribution in [3.63, 3.8) is 0 Å². The second kappa shape index (κ2) is 7.04. The minimum atomic E-state index is -0.450. The molecule has 21 heavy (non-hydrogen) atoms. The smallest absolute Gasteiger partial charge is 0.293 e. The van der Waals surface area contributed by atoms with E-state index in [0.717, 1.165) is 19.6 Å². The molecule has 1 fully saturated rings. The van der Waals surface area contributed by atoms with E-state index in [1.807, 2.05) is 6.07 Å². The number of nitrogens with zero attached hydrogens (tertiary/aromatic N) is 3. The van der Waals surface area contributed by atoms with Crippen LogP contribution in [0.25, 0.3) is 0 Å². The zero-order chi connectivity index (χ0) is 15.2. The molecule has 0 aromatic heterocycles. The molecule has 1 unspecified atom stereocenters. The first-order chi connectivity index (χ1) is 10.1. The molecule has 0 aliphatic carbocycles. The lowest BCUT2D eigenvalue weighted by atomic mass is 10.1. The third-order valence-corrected chi connectivity index (χ3v) is 3.73. The Morgan fingerprint density at radius 1 is 1.48 bits per heavy atom. The van der Waals surface area contributed by atoms with Gasteiger partial charge in [0.1, 0.15) is 5.69 Å². The van der Waals surface area contributed by atoms with E-state index < -0.39 is 4.92 Å². The first-order valence-corrected chi connectivity index (χ1v) is 7.25. The summed E-state index contributed by atoms with van der Waals surface area (Å²) in [6, 6.07) is 6.44. The Labute approximate surface area is 124 Å². The number of benzene rings is 1. The summed E-state index contributed by atoms with van der Waals surface area (Å²) in [4.78, 5) is 13.0. The van der Waals surface area contributed by atoms with Crippen molar-refractivity contribution < 1.29 is 4.92 Å². The lowest BCUT2D eigenvalue weighted by Gasteiger charge is -2.20. The molecule has 112 valence electrons. The van der Waals surface area contributed by atoms with Crippen LogP contribution in [0.2, 0.25) is 0 Å². The van der Waals surface area contributed by atoms with E-state index in [-0.39, 0.29) is 5.69 Å². The van der Waals surface area contributed by atoms with E-state index in [1.165, 1.54) is 18.9 Å². The van der Waals surface area contributed by atoms with Gasteiger partial charge < -0.3 is 10.2 Å². The Hall–Kier alpha value is -2.13. The highest BCUT2D eigenvalue weighted by atomic mass is 16.6. The summed E-state index contributed by atoms with van der Waals surface area (Å²) < 4.78 is 0. The summed E-state index contributed by atoms with van der Waals surface area (Å²) >= 11 is 0. The lowest BCUT2D eigenvalue weighted by Crippen LogP contribution is -2.28. The molecule has 1 saturated heterocycles. The second-order valence-electron chi connectivity index (χ2n) is 5.59. The number of hydrogen-bond donors (Lipinski definition) is 1. The van der Waals surface area contributed by atoms with Gasteiger partial charge in [-0.15, -0.1) is 0 Å². The molecule has 1 N–H and O–H groups in total. The molecule has 1 aliphatic heterocycles. The monoisotopic (exact) mass is 288 g/mol. The van der Waals surface area contributed by atoms with Crippen molar-refractivity contribution >= 4 is 11.4 Å². The Morgan fingerprint density at radius 3 is 2.81 bits per heavy atom. The average Bonchev–Trinajstić information content (AvgIpc) is 2.97. The molecular weight excluding hydrogens is 268 g/mol. The van der Waals surface area contributed by atoms with E-state index in [0.29, 0.717) is 23.7 Å². The molecule has 1 aromatic rings. The predicted molar refractivity (Wildman–Crippen MR) is 81.1 cm³/mol. The Bertz CT molecular complexity index is 547. The first-order valence-electron chi connectivity index (χ1n) is 7.25. The third-order valence-electron chi connectivity index (χ3n) is 3.73. The van der Waals surface area contributed by atoms with E-state index in [2.05, 4.69) is 17.1 Å². The molecule has 1 aliphatic rings. The fourth-order valence-corrected chi connectivity index (χ4v) is 2.66. The number of hydrogen-bond acceptors (Lipinski definition) is 5. The maximum atomic E-state index is 11.1. The van der Waals surface area contributed by atoms with E-state index in [1.54, 1.807) is 12.1 Å². The largest absolute Gasteiger partial charge is 0.379 e. The Kier molecular flexibility index (Phi) is 5.12. The average molecular weight is 288 g/mol. The minimum absolute atomic E-state index is 0.0394. The Morgan fingerprint density at radius 2 is 2.19 bits per heavy atom. The van der Waals surface area contributed by atoms with Gasteiger partial charge in [-0.3, -0.25) is 10.1 Å². The van der Waals surface area contributed by atoms with Crippen LogP contribution in [-0.4, -0.2) is 36.0 Å². The van der Waals surface area contributed by atoms with Gasteiger partial charge in [-0.25, -0.2) is 0 Å². The number of likely N-dealkylation sites (tertiary alicyclic amines) is 1. The van der Waals surface area contributed by atoms with Crippen molar-refractivity contribution in [3.05, 3.63) is 33.9 Å². The highest BCUT2D eigenvalue weighted by molar-refractivity contribution is 5.64. The number of rotatable bonds is 6. The molecule has 6 heteroatoms. The van der Waals surface area contributed by atoms with Crippen molar-refractivity contribution in [2.75, 3.05) is 31.5 Å². The van der Waals surface area contributed by atoms with Crippen molar-refractivity contribution in [2.45, 2.75) is 19.8 Å². The van der Waals surface area contributed by atoms with Crippen LogP contribution in [0.1, 0.15) is 25.3 Å². The first kappa shape index (κ1) is 15.3. The van der Waals surface area contributed by atoms with E-state index >= 15 is 0 Å². The highest BCUT2D eigenvalue weighted by Gasteiger charge is 2.17. The number of nitrogens with one attached hydrogen (secondary N) is 1. The normalized spacial score (nSPS) is 16.4. The van der Waals surface area contributed by atoms with Crippen LogP contribution in [0, 0.1) is 27.4 Å². The van der Waals surface area contributed by atoms with Crippen LogP contribution in [0.15, 0.2) is 18.2 Å². The van der Waals surface area contributed by atoms with Crippen molar-refractivity contribution in [1.82, 2.24) is 4.90 Å². The molecule has 0 amide bonds. The fourth-order valence-electron chi connectivity index (χ4n) is 2.66. The van der Waals surface area contributed by atoms with Gasteiger partial charge >= 0.3 is 0 Å². The summed E-state index contributed by atoms with van der Waals surface area (Å²) in [6.07, 6.45) is 2.53. The summed E-state index contributed by atoms with van der Waals surface area (Å²) in [6.45, 7) is 6.14. The zero-order valence-corrected chi connectivity index (χ0v) is 12.2. The molecule has 0 bridgehead atoms. The molecule has 2 rings (SSSR count). The fraction of sp³-hybridized carbons (Fsp3) is 0.533. The van der Waals surface area contributed by atoms with Gasteiger partial charge in [-0.05, 0) is 44.0 Å². The number of nitro benzene ring substituents is 1. The molecule has 0 spiro atoms. The van der Waals surface area contributed by atoms with Gasteiger partial charge in [-0.2, -0.15) is 5.26 Å². The van der Waals surface area contributed by atoms with Gasteiger partial charge in [0.05, 0.1) is 16.6 Å². The van der Waals surface area contributed by atoms with Crippen LogP contribution in [0.4, 0.5) is 11.4 Å². The van der Waals surface area contributed by atoms with Crippen molar-refractivity contribution in [1.29, 1.82) is 5.26 Å². The van der Waals surface area contributed by atoms with Crippen LogP contribution < -0.4 is 5.32 Å². The summed E-state index contributed by atoms with van der Waals surface area (Å²) in [5.41, 5.74) is 0.743. The van der Waals surface area contributed by atoms with Crippen molar-refractivity contribution in [3.8, 4) is 6.07 Å². The molecular formula is C15H20N4O2. The standard InChI is InChI=1S/C15H20N4O2/c1-12(11-18-6-2-3-7-18)10-17-14-5-4-13(9-16)8-15(14)19(20)21/h4-5,8,12,17H,2-3,6-7,10-11H2,1H3. The predicted octanol–water partition coefficient (Wildman–Crippen LogP) is 2.61. The molecule has 1 atom stereocenters. The molecule has 1 heterocycles. The molecule has 6 nitrogen and oxygen atoms in total. The molecule has 0 radical (unpaired) electrons. The quantitative estimate of drug-likeness (QED) is 0.642. The van der Waals surface area contributed by atoms with Crippen LogP contribution in [0.3, 0.4) is 0 Å². The van der Waals surface area contributed by atoms with Gasteiger partial charge in [0.25, 0.3) is 5.69 Å². The zero-order valence-electron chi connectivity index (χ0n) is 12.2. The maximum absolute atomic E-state index is 11.1. The SMILES string of the molecule is CC(CNc1ccc(C#N)cc1[N+](=O)[O-])CN1CCCC1. The summed E-state index contributed by atoms with van der Waals surface area (Å²) in [5.74, 6) is 0.415. The topological polar surface area (TPSA) is 82.2 Å². The number of nitro groups is 1. The third kappa shape index (κ3) is 4.17. The van der Waals surface area contributed by atoms with Gasteiger partial charge in [0.15, 0.2) is 0 Å². The van der Waals surface area contributed by atoms with Gasteiger partial charge in [-0.1, -0.05) is 6.92 Å². The highest BCUT2D eigenvalue weighted by Crippen LogP contribution is 2.25. The summed E-state index contributed by atoms with van der Waals surface area (Å²) in [7, 11) is 0. The van der Waals surface area contributed by atoms with Gasteiger partial charge in [0, 0.05) is 19.2 Å². The van der Waals surface area contributed by atoms with Crippen LogP contribution >= 0.6 is 0 Å². The molecule has 1 aromatic carbocycles. The van der Waals surface area contributed by atoms with Crippen LogP contribution in [0.5, 0.6) is 0 Å². The number of nitriles is 1. The maximum Gasteiger partial charge on any atom is 0.293 e.